The lowest BCUT2D eigenvalue weighted by molar-refractivity contribution is 0.594. The van der Waals surface area contributed by atoms with Crippen molar-refractivity contribution in [1.29, 1.82) is 0 Å². The Hall–Kier alpha value is -1.12. The Morgan fingerprint density at radius 3 is 2.60 bits per heavy atom. The van der Waals surface area contributed by atoms with Gasteiger partial charge >= 0.3 is 0 Å². The van der Waals surface area contributed by atoms with Crippen molar-refractivity contribution in [3.05, 3.63) is 69.7 Å². The van der Waals surface area contributed by atoms with E-state index in [0.29, 0.717) is 5.92 Å². The van der Waals surface area contributed by atoms with Gasteiger partial charge in [-0.1, -0.05) is 64.8 Å². The molecule has 0 aliphatic carbocycles. The van der Waals surface area contributed by atoms with Crippen molar-refractivity contribution in [2.45, 2.75) is 26.2 Å². The fourth-order valence-electron chi connectivity index (χ4n) is 2.50. The van der Waals surface area contributed by atoms with Crippen LogP contribution < -0.4 is 5.32 Å². The first-order valence-electron chi connectivity index (χ1n) is 7.20. The first kappa shape index (κ1) is 15.3. The second kappa shape index (κ2) is 7.61. The molecule has 0 saturated carbocycles. The molecule has 0 bridgehead atoms. The minimum atomic E-state index is 0.518. The molecule has 0 fully saturated rings. The van der Waals surface area contributed by atoms with Crippen LogP contribution in [0.5, 0.6) is 0 Å². The molecular weight excluding hydrogens is 310 g/mol. The fourth-order valence-corrected chi connectivity index (χ4v) is 2.95. The standard InChI is InChI=1S/C18H22BrN/c1-3-20-13-17(16-8-4-6-14(2)10-16)11-15-7-5-9-18(19)12-15/h4-10,12,17,20H,3,11,13H2,1-2H3. The van der Waals surface area contributed by atoms with E-state index in [0.717, 1.165) is 24.0 Å². The van der Waals surface area contributed by atoms with Crippen LogP contribution in [0.3, 0.4) is 0 Å². The van der Waals surface area contributed by atoms with Gasteiger partial charge in [0.05, 0.1) is 0 Å². The smallest absolute Gasteiger partial charge is 0.0177 e. The predicted molar refractivity (Wildman–Crippen MR) is 90.3 cm³/mol. The summed E-state index contributed by atoms with van der Waals surface area (Å²) in [4.78, 5) is 0. The summed E-state index contributed by atoms with van der Waals surface area (Å²) in [6.45, 7) is 6.35. The van der Waals surface area contributed by atoms with Crippen molar-refractivity contribution in [2.75, 3.05) is 13.1 Å². The van der Waals surface area contributed by atoms with Crippen LogP contribution in [-0.2, 0) is 6.42 Å². The zero-order chi connectivity index (χ0) is 14.4. The number of nitrogens with one attached hydrogen (secondary N) is 1. The zero-order valence-corrected chi connectivity index (χ0v) is 13.8. The van der Waals surface area contributed by atoms with E-state index in [1.165, 1.54) is 16.7 Å². The van der Waals surface area contributed by atoms with E-state index >= 15 is 0 Å². The summed E-state index contributed by atoms with van der Waals surface area (Å²) >= 11 is 3.56. The van der Waals surface area contributed by atoms with Crippen LogP contribution in [0.1, 0.15) is 29.5 Å². The Labute approximate surface area is 130 Å². The van der Waals surface area contributed by atoms with Crippen molar-refractivity contribution in [2.24, 2.45) is 0 Å². The number of hydrogen-bond donors (Lipinski definition) is 1. The number of benzene rings is 2. The van der Waals surface area contributed by atoms with Crippen molar-refractivity contribution >= 4 is 15.9 Å². The summed E-state index contributed by atoms with van der Waals surface area (Å²) in [5.41, 5.74) is 4.13. The van der Waals surface area contributed by atoms with Crippen LogP contribution in [0.25, 0.3) is 0 Å². The van der Waals surface area contributed by atoms with Crippen LogP contribution in [0, 0.1) is 6.92 Å². The summed E-state index contributed by atoms with van der Waals surface area (Å²) in [5, 5.41) is 3.49. The van der Waals surface area contributed by atoms with Crippen LogP contribution in [-0.4, -0.2) is 13.1 Å². The van der Waals surface area contributed by atoms with Crippen molar-refractivity contribution < 1.29 is 0 Å². The Morgan fingerprint density at radius 1 is 1.10 bits per heavy atom. The quantitative estimate of drug-likeness (QED) is 0.809. The SMILES string of the molecule is CCNCC(Cc1cccc(Br)c1)c1cccc(C)c1. The normalized spacial score (nSPS) is 12.3. The van der Waals surface area contributed by atoms with E-state index < -0.39 is 0 Å². The van der Waals surface area contributed by atoms with Gasteiger partial charge in [0.2, 0.25) is 0 Å². The molecule has 0 spiro atoms. The highest BCUT2D eigenvalue weighted by Gasteiger charge is 2.12. The maximum Gasteiger partial charge on any atom is 0.0177 e. The third-order valence-electron chi connectivity index (χ3n) is 3.53. The van der Waals surface area contributed by atoms with Gasteiger partial charge < -0.3 is 5.32 Å². The van der Waals surface area contributed by atoms with Gasteiger partial charge in [-0.25, -0.2) is 0 Å². The molecule has 0 radical (unpaired) electrons. The van der Waals surface area contributed by atoms with Gasteiger partial charge in [-0.05, 0) is 43.1 Å². The molecule has 2 aromatic rings. The van der Waals surface area contributed by atoms with Crippen molar-refractivity contribution in [3.8, 4) is 0 Å². The highest BCUT2D eigenvalue weighted by molar-refractivity contribution is 9.10. The average Bonchev–Trinajstić information content (AvgIpc) is 2.43. The molecule has 20 heavy (non-hydrogen) atoms. The third-order valence-corrected chi connectivity index (χ3v) is 4.02. The Bertz CT molecular complexity index is 551. The lowest BCUT2D eigenvalue weighted by Crippen LogP contribution is -2.22. The Kier molecular flexibility index (Phi) is 5.81. The van der Waals surface area contributed by atoms with Gasteiger partial charge in [0.1, 0.15) is 0 Å². The molecular formula is C18H22BrN. The van der Waals surface area contributed by atoms with Gasteiger partial charge in [-0.2, -0.15) is 0 Å². The summed E-state index contributed by atoms with van der Waals surface area (Å²) in [7, 11) is 0. The van der Waals surface area contributed by atoms with Crippen molar-refractivity contribution in [3.63, 3.8) is 0 Å². The molecule has 2 aromatic carbocycles. The Balaban J connectivity index is 2.19. The van der Waals surface area contributed by atoms with Gasteiger partial charge in [0.15, 0.2) is 0 Å². The number of rotatable bonds is 6. The van der Waals surface area contributed by atoms with Gasteiger partial charge in [-0.3, -0.25) is 0 Å². The highest BCUT2D eigenvalue weighted by Crippen LogP contribution is 2.23. The number of aryl methyl sites for hydroxylation is 1. The second-order valence-electron chi connectivity index (χ2n) is 5.25. The summed E-state index contributed by atoms with van der Waals surface area (Å²) in [6, 6.07) is 17.5. The first-order valence-corrected chi connectivity index (χ1v) is 8.00. The largest absolute Gasteiger partial charge is 0.316 e. The van der Waals surface area contributed by atoms with E-state index in [1.807, 2.05) is 0 Å². The topological polar surface area (TPSA) is 12.0 Å². The summed E-state index contributed by atoms with van der Waals surface area (Å²) < 4.78 is 1.15. The van der Waals surface area contributed by atoms with E-state index in [9.17, 15) is 0 Å². The van der Waals surface area contributed by atoms with Crippen LogP contribution >= 0.6 is 15.9 Å². The lowest BCUT2D eigenvalue weighted by atomic mass is 9.91. The number of likely N-dealkylation sites (N-methyl/N-ethyl adjacent to an activating group) is 1. The molecule has 0 saturated heterocycles. The molecule has 1 nitrogen and oxygen atoms in total. The fraction of sp³-hybridized carbons (Fsp3) is 0.333. The van der Waals surface area contributed by atoms with Gasteiger partial charge in [0, 0.05) is 16.9 Å². The molecule has 2 heteroatoms. The molecule has 0 aliphatic rings. The van der Waals surface area contributed by atoms with Gasteiger partial charge in [-0.15, -0.1) is 0 Å². The molecule has 106 valence electrons. The molecule has 1 unspecified atom stereocenters. The average molecular weight is 332 g/mol. The molecule has 1 atom stereocenters. The summed E-state index contributed by atoms with van der Waals surface area (Å²) in [5.74, 6) is 0.518. The third kappa shape index (κ3) is 4.46. The molecule has 0 amide bonds. The second-order valence-corrected chi connectivity index (χ2v) is 6.17. The number of hydrogen-bond acceptors (Lipinski definition) is 1. The highest BCUT2D eigenvalue weighted by atomic mass is 79.9. The first-order chi connectivity index (χ1) is 9.69. The van der Waals surface area contributed by atoms with Crippen molar-refractivity contribution in [1.82, 2.24) is 5.32 Å². The minimum Gasteiger partial charge on any atom is -0.316 e. The minimum absolute atomic E-state index is 0.518. The van der Waals surface area contributed by atoms with E-state index in [2.05, 4.69) is 83.6 Å². The zero-order valence-electron chi connectivity index (χ0n) is 12.2. The maximum atomic E-state index is 3.56. The number of halogens is 1. The van der Waals surface area contributed by atoms with Gasteiger partial charge in [0.25, 0.3) is 0 Å². The molecule has 1 N–H and O–H groups in total. The predicted octanol–water partition coefficient (Wildman–Crippen LogP) is 4.69. The van der Waals surface area contributed by atoms with Crippen LogP contribution in [0.4, 0.5) is 0 Å². The molecule has 0 aliphatic heterocycles. The summed E-state index contributed by atoms with van der Waals surface area (Å²) in [6.07, 6.45) is 1.07. The molecule has 0 aromatic heterocycles. The lowest BCUT2D eigenvalue weighted by Gasteiger charge is -2.19. The van der Waals surface area contributed by atoms with E-state index in [4.69, 9.17) is 0 Å². The van der Waals surface area contributed by atoms with Crippen LogP contribution in [0.15, 0.2) is 53.0 Å². The molecule has 2 rings (SSSR count). The van der Waals surface area contributed by atoms with E-state index in [-0.39, 0.29) is 0 Å². The van der Waals surface area contributed by atoms with Crippen LogP contribution in [0.2, 0.25) is 0 Å². The maximum absolute atomic E-state index is 3.56. The van der Waals surface area contributed by atoms with E-state index in [1.54, 1.807) is 0 Å². The Morgan fingerprint density at radius 2 is 1.90 bits per heavy atom. The molecule has 0 heterocycles. The monoisotopic (exact) mass is 331 g/mol.